The first-order valence-corrected chi connectivity index (χ1v) is 42.0. The van der Waals surface area contributed by atoms with Gasteiger partial charge in [0.05, 0.1) is 11.0 Å². The number of fused-ring (bicyclic) bond motifs is 18. The van der Waals surface area contributed by atoms with Gasteiger partial charge in [0, 0.05) is 143 Å². The molecule has 0 fully saturated rings. The molecule has 25 aromatic rings. The second kappa shape index (κ2) is 27.1. The van der Waals surface area contributed by atoms with Crippen molar-refractivity contribution in [1.82, 2.24) is 54.4 Å². The van der Waals surface area contributed by atoms with E-state index in [4.69, 9.17) is 58.7 Å². The van der Waals surface area contributed by atoms with Crippen LogP contribution in [0, 0.1) is 0 Å². The Hall–Kier alpha value is -15.5. The van der Waals surface area contributed by atoms with Gasteiger partial charge < -0.3 is 13.4 Å². The number of rotatable bonds is 12. The fraction of sp³-hybridized carbons (Fsp3) is 0. The van der Waals surface area contributed by atoms with Crippen molar-refractivity contribution in [2.75, 3.05) is 0 Å². The molecule has 0 N–H and O–H groups in total. The minimum Gasteiger partial charge on any atom is -0.452 e. The molecule has 0 aliphatic heterocycles. The highest BCUT2D eigenvalue weighted by Gasteiger charge is 2.28. The molecule has 15 aromatic carbocycles. The van der Waals surface area contributed by atoms with E-state index < -0.39 is 0 Å². The van der Waals surface area contributed by atoms with Crippen molar-refractivity contribution in [3.8, 4) is 130 Å². The number of furan rings is 2. The molecule has 0 unspecified atom stereocenters. The average molecular weight is 1590 g/mol. The summed E-state index contributed by atoms with van der Waals surface area (Å²) in [7, 11) is 0. The standard InChI is InChI=1S/C104H57N11O2S3/c1-5-25-59(26-6-1)89-93-91(67-34-14-18-44-80(67)116-93)107-103(105-89)74-41-21-38-71-88-73(40-24-48-84(88)120-95(71)74)102-112-98(62-29-9-3-10-30-62)110-100(114-102)64-56-76(86-69-36-16-20-46-82(69)118-85(86)57-64)58-49-51-60(52-50-58)90-94-92(68-35-15-19-45-81(68)117-94)108-104(106-90)75-42-22-37-70-87-72(39-23-47-83(87)119-96(70)75)101-111-97(61-27-7-2-8-28-61)109-99(113-101)63-53-54-79-77(55-63)66-33-13-17-43-78(66)115(79)65-31-11-4-12-32-65/h1-57H. The summed E-state index contributed by atoms with van der Waals surface area (Å²) < 4.78 is 22.3. The Morgan fingerprint density at radius 3 is 1.19 bits per heavy atom. The number of hydrogen-bond acceptors (Lipinski definition) is 15. The van der Waals surface area contributed by atoms with Gasteiger partial charge in [-0.25, -0.2) is 49.8 Å². The first-order chi connectivity index (χ1) is 59.4. The Morgan fingerprint density at radius 1 is 0.217 bits per heavy atom. The molecular formula is C104H57N11O2S3. The van der Waals surface area contributed by atoms with Crippen molar-refractivity contribution in [3.63, 3.8) is 0 Å². The minimum absolute atomic E-state index is 0.549. The van der Waals surface area contributed by atoms with Crippen molar-refractivity contribution in [2.45, 2.75) is 0 Å². The predicted molar refractivity (Wildman–Crippen MR) is 492 cm³/mol. The molecule has 0 amide bonds. The highest BCUT2D eigenvalue weighted by Crippen LogP contribution is 2.50. The van der Waals surface area contributed by atoms with Gasteiger partial charge in [0.2, 0.25) is 0 Å². The number of nitrogens with zero attached hydrogens (tertiary/aromatic N) is 11. The number of aromatic nitrogens is 11. The third-order valence-corrected chi connectivity index (χ3v) is 26.5. The number of benzene rings is 15. The monoisotopic (exact) mass is 1590 g/mol. The molecule has 0 aliphatic carbocycles. The maximum atomic E-state index is 6.87. The van der Waals surface area contributed by atoms with Gasteiger partial charge in [-0.15, -0.1) is 34.0 Å². The molecule has 25 rings (SSSR count). The fourth-order valence-corrected chi connectivity index (χ4v) is 21.1. The van der Waals surface area contributed by atoms with Gasteiger partial charge >= 0.3 is 0 Å². The van der Waals surface area contributed by atoms with Crippen LogP contribution in [0.5, 0.6) is 0 Å². The Balaban J connectivity index is 0.613. The SMILES string of the molecule is c1ccc(-c2nc(-c3cc(-c4ccc(-c5nc(-c6cccc7c6sc6cccc(-c8nc(-c9ccccc9)nc(-c9ccc%10c(c9)c9ccccc9n%10-c9ccccc9)n8)c67)nc6c5oc5ccccc56)cc4)c4c(c3)sc3ccccc34)nc(-c3cccc4sc5c(-c6nc(-c7ccccc7)c7oc8ccccc8c7n6)cccc5c34)n2)cc1. The van der Waals surface area contributed by atoms with E-state index in [1.165, 1.54) is 10.1 Å². The molecular weight excluding hydrogens is 1530 g/mol. The molecule has 0 radical (unpaired) electrons. The van der Waals surface area contributed by atoms with Crippen molar-refractivity contribution in [3.05, 3.63) is 346 Å². The van der Waals surface area contributed by atoms with Crippen LogP contribution in [0.15, 0.2) is 355 Å². The lowest BCUT2D eigenvalue weighted by Crippen LogP contribution is -2.00. The Labute approximate surface area is 694 Å². The van der Waals surface area contributed by atoms with Crippen LogP contribution in [0.3, 0.4) is 0 Å². The van der Waals surface area contributed by atoms with E-state index in [1.54, 1.807) is 34.0 Å². The number of para-hydroxylation sites is 4. The van der Waals surface area contributed by atoms with E-state index in [0.717, 1.165) is 183 Å². The fourth-order valence-electron chi connectivity index (χ4n) is 17.5. The van der Waals surface area contributed by atoms with Gasteiger partial charge in [0.1, 0.15) is 33.6 Å². The predicted octanol–water partition coefficient (Wildman–Crippen LogP) is 28.0. The summed E-state index contributed by atoms with van der Waals surface area (Å²) in [6, 6.07) is 120. The molecule has 0 aliphatic rings. The van der Waals surface area contributed by atoms with Gasteiger partial charge in [-0.05, 0) is 114 Å². The van der Waals surface area contributed by atoms with Crippen LogP contribution in [0.25, 0.3) is 257 Å². The quantitative estimate of drug-likeness (QED) is 0.114. The summed E-state index contributed by atoms with van der Waals surface area (Å²) >= 11 is 5.20. The summed E-state index contributed by atoms with van der Waals surface area (Å²) in [6.45, 7) is 0. The van der Waals surface area contributed by atoms with Crippen molar-refractivity contribution < 1.29 is 8.83 Å². The smallest absolute Gasteiger partial charge is 0.180 e. The summed E-state index contributed by atoms with van der Waals surface area (Å²) in [6.07, 6.45) is 0. The maximum absolute atomic E-state index is 6.87. The average Bonchev–Trinajstić information content (AvgIpc) is 1.58. The molecule has 10 aromatic heterocycles. The third kappa shape index (κ3) is 10.9. The van der Waals surface area contributed by atoms with E-state index in [1.807, 2.05) is 91.0 Å². The lowest BCUT2D eigenvalue weighted by Gasteiger charge is -2.12. The molecule has 0 saturated heterocycles. The van der Waals surface area contributed by atoms with E-state index in [-0.39, 0.29) is 0 Å². The van der Waals surface area contributed by atoms with E-state index in [2.05, 4.69) is 259 Å². The Kier molecular flexibility index (Phi) is 15.3. The molecule has 0 spiro atoms. The minimum atomic E-state index is 0.549. The van der Waals surface area contributed by atoms with E-state index >= 15 is 0 Å². The topological polar surface area (TPSA) is 160 Å². The second-order valence-corrected chi connectivity index (χ2v) is 33.2. The van der Waals surface area contributed by atoms with Crippen LogP contribution in [0.2, 0.25) is 0 Å². The molecule has 13 nitrogen and oxygen atoms in total. The molecule has 120 heavy (non-hydrogen) atoms. The Bertz CT molecular complexity index is 8550. The molecule has 16 heteroatoms. The molecule has 558 valence electrons. The summed E-state index contributed by atoms with van der Waals surface area (Å²) in [5.74, 6) is 4.60. The van der Waals surface area contributed by atoms with Crippen LogP contribution in [0.4, 0.5) is 0 Å². The van der Waals surface area contributed by atoms with Gasteiger partial charge in [-0.3, -0.25) is 0 Å². The Morgan fingerprint density at radius 2 is 0.617 bits per heavy atom. The van der Waals surface area contributed by atoms with Gasteiger partial charge in [-0.2, -0.15) is 0 Å². The molecule has 10 heterocycles. The van der Waals surface area contributed by atoms with Crippen LogP contribution < -0.4 is 0 Å². The lowest BCUT2D eigenvalue weighted by atomic mass is 9.95. The third-order valence-electron chi connectivity index (χ3n) is 23.0. The first-order valence-electron chi connectivity index (χ1n) is 39.6. The van der Waals surface area contributed by atoms with E-state index in [0.29, 0.717) is 63.5 Å². The first kappa shape index (κ1) is 67.8. The zero-order valence-electron chi connectivity index (χ0n) is 63.4. The number of hydrogen-bond donors (Lipinski definition) is 0. The molecule has 0 atom stereocenters. The van der Waals surface area contributed by atoms with Gasteiger partial charge in [0.15, 0.2) is 57.8 Å². The van der Waals surface area contributed by atoms with Gasteiger partial charge in [-0.1, -0.05) is 243 Å². The van der Waals surface area contributed by atoms with Crippen LogP contribution >= 0.6 is 34.0 Å². The van der Waals surface area contributed by atoms with Crippen molar-refractivity contribution in [2.24, 2.45) is 0 Å². The summed E-state index contributed by atoms with van der Waals surface area (Å²) in [5, 5.41) is 10.6. The maximum Gasteiger partial charge on any atom is 0.180 e. The highest BCUT2D eigenvalue weighted by atomic mass is 32.1. The highest BCUT2D eigenvalue weighted by molar-refractivity contribution is 7.27. The van der Waals surface area contributed by atoms with Gasteiger partial charge in [0.25, 0.3) is 0 Å². The number of thiophene rings is 3. The summed E-state index contributed by atoms with van der Waals surface area (Å²) in [4.78, 5) is 54.2. The van der Waals surface area contributed by atoms with Crippen LogP contribution in [-0.4, -0.2) is 54.4 Å². The zero-order chi connectivity index (χ0) is 78.6. The molecule has 0 saturated carbocycles. The zero-order valence-corrected chi connectivity index (χ0v) is 65.8. The van der Waals surface area contributed by atoms with Crippen molar-refractivity contribution in [1.29, 1.82) is 0 Å². The molecule has 0 bridgehead atoms. The van der Waals surface area contributed by atoms with Crippen LogP contribution in [0.1, 0.15) is 0 Å². The second-order valence-electron chi connectivity index (χ2n) is 30.0. The van der Waals surface area contributed by atoms with Crippen LogP contribution in [-0.2, 0) is 0 Å². The van der Waals surface area contributed by atoms with Crippen molar-refractivity contribution >= 4 is 160 Å². The lowest BCUT2D eigenvalue weighted by molar-refractivity contribution is 0.667. The summed E-state index contributed by atoms with van der Waals surface area (Å²) in [5.41, 5.74) is 19.9. The van der Waals surface area contributed by atoms with E-state index in [9.17, 15) is 0 Å². The normalized spacial score (nSPS) is 12.0. The largest absolute Gasteiger partial charge is 0.452 e.